The minimum absolute atomic E-state index is 1.11. The molecule has 0 radical (unpaired) electrons. The molecule has 1 nitrogen and oxygen atoms in total. The number of rotatable bonds is 9. The van der Waals surface area contributed by atoms with Crippen molar-refractivity contribution < 1.29 is 0 Å². The van der Waals surface area contributed by atoms with E-state index in [1.54, 1.807) is 0 Å². The van der Waals surface area contributed by atoms with Crippen molar-refractivity contribution in [2.75, 3.05) is 4.90 Å². The fourth-order valence-corrected chi connectivity index (χ4v) is 5.71. The van der Waals surface area contributed by atoms with Crippen LogP contribution in [0.5, 0.6) is 0 Å². The Balaban J connectivity index is 1.32. The van der Waals surface area contributed by atoms with Crippen LogP contribution in [0.25, 0.3) is 34.9 Å². The Morgan fingerprint density at radius 2 is 0.565 bits per heavy atom. The molecule has 0 aliphatic heterocycles. The molecule has 0 bridgehead atoms. The van der Waals surface area contributed by atoms with Gasteiger partial charge in [-0.05, 0) is 107 Å². The highest BCUT2D eigenvalue weighted by molar-refractivity contribution is 5.85. The molecule has 6 rings (SSSR count). The van der Waals surface area contributed by atoms with Gasteiger partial charge in [0, 0.05) is 17.1 Å². The Labute approximate surface area is 274 Å². The van der Waals surface area contributed by atoms with E-state index in [0.717, 1.165) is 17.1 Å². The second kappa shape index (κ2) is 14.4. The summed E-state index contributed by atoms with van der Waals surface area (Å²) in [5.74, 6) is 0. The Kier molecular flexibility index (Phi) is 9.52. The smallest absolute Gasteiger partial charge is 0.0462 e. The van der Waals surface area contributed by atoms with Crippen LogP contribution in [0.15, 0.2) is 164 Å². The summed E-state index contributed by atoms with van der Waals surface area (Å²) >= 11 is 0. The second-order valence-corrected chi connectivity index (χ2v) is 11.7. The molecule has 0 aliphatic carbocycles. The molecule has 0 spiro atoms. The predicted octanol–water partition coefficient (Wildman–Crippen LogP) is 12.8. The molecular formula is C45H39N. The lowest BCUT2D eigenvalue weighted by molar-refractivity contribution is 1.28. The first-order chi connectivity index (χ1) is 22.5. The molecule has 0 saturated carbocycles. The summed E-state index contributed by atoms with van der Waals surface area (Å²) < 4.78 is 0. The van der Waals surface area contributed by atoms with Crippen molar-refractivity contribution in [3.63, 3.8) is 0 Å². The molecule has 1 heteroatoms. The van der Waals surface area contributed by atoms with Gasteiger partial charge in [-0.1, -0.05) is 146 Å². The van der Waals surface area contributed by atoms with Crippen LogP contribution < -0.4 is 4.90 Å². The van der Waals surface area contributed by atoms with Gasteiger partial charge < -0.3 is 4.90 Å². The van der Waals surface area contributed by atoms with Crippen LogP contribution in [0, 0.1) is 0 Å². The van der Waals surface area contributed by atoms with E-state index in [1.807, 2.05) is 0 Å². The zero-order chi connectivity index (χ0) is 31.7. The molecule has 0 aliphatic rings. The summed E-state index contributed by atoms with van der Waals surface area (Å²) in [5, 5.41) is 0. The number of benzene rings is 6. The van der Waals surface area contributed by atoms with Gasteiger partial charge in [-0.3, -0.25) is 0 Å². The summed E-state index contributed by atoms with van der Waals surface area (Å²) in [6, 6.07) is 58.1. The lowest BCUT2D eigenvalue weighted by Gasteiger charge is -2.26. The molecule has 0 saturated heterocycles. The maximum atomic E-state index is 2.33. The highest BCUT2D eigenvalue weighted by Crippen LogP contribution is 2.36. The average molecular weight is 594 g/mol. The minimum Gasteiger partial charge on any atom is -0.311 e. The normalized spacial score (nSPS) is 12.2. The van der Waals surface area contributed by atoms with E-state index >= 15 is 0 Å². The summed E-state index contributed by atoms with van der Waals surface area (Å²) in [6.45, 7) is 6.50. The number of hydrogen-bond donors (Lipinski definition) is 0. The van der Waals surface area contributed by atoms with Crippen molar-refractivity contribution in [2.45, 2.75) is 20.8 Å². The van der Waals surface area contributed by atoms with Crippen molar-refractivity contribution in [1.29, 1.82) is 0 Å². The molecule has 0 heterocycles. The molecule has 224 valence electrons. The van der Waals surface area contributed by atoms with E-state index in [0.29, 0.717) is 0 Å². The van der Waals surface area contributed by atoms with Gasteiger partial charge in [-0.15, -0.1) is 0 Å². The first-order valence-corrected chi connectivity index (χ1v) is 15.8. The molecule has 46 heavy (non-hydrogen) atoms. The zero-order valence-corrected chi connectivity index (χ0v) is 26.8. The third-order valence-corrected chi connectivity index (χ3v) is 8.29. The van der Waals surface area contributed by atoms with E-state index in [1.165, 1.54) is 50.1 Å². The lowest BCUT2D eigenvalue weighted by Crippen LogP contribution is -2.09. The van der Waals surface area contributed by atoms with E-state index < -0.39 is 0 Å². The van der Waals surface area contributed by atoms with Gasteiger partial charge >= 0.3 is 0 Å². The van der Waals surface area contributed by atoms with Gasteiger partial charge in [0.15, 0.2) is 0 Å². The molecule has 0 unspecified atom stereocenters. The fraction of sp³-hybridized carbons (Fsp3) is 0.0667. The molecule has 0 N–H and O–H groups in total. The largest absolute Gasteiger partial charge is 0.311 e. The second-order valence-electron chi connectivity index (χ2n) is 11.7. The quantitative estimate of drug-likeness (QED) is 0.151. The molecule has 0 aromatic heterocycles. The highest BCUT2D eigenvalue weighted by atomic mass is 15.1. The summed E-state index contributed by atoms with van der Waals surface area (Å²) in [5.41, 5.74) is 14.3. The Morgan fingerprint density at radius 3 is 0.804 bits per heavy atom. The third-order valence-electron chi connectivity index (χ3n) is 8.29. The average Bonchev–Trinajstić information content (AvgIpc) is 3.11. The third kappa shape index (κ3) is 7.52. The first kappa shape index (κ1) is 30.4. The summed E-state index contributed by atoms with van der Waals surface area (Å²) in [6.07, 6.45) is 6.74. The van der Waals surface area contributed by atoms with Crippen LogP contribution in [0.4, 0.5) is 17.1 Å². The maximum Gasteiger partial charge on any atom is 0.0462 e. The molecule has 6 aromatic carbocycles. The van der Waals surface area contributed by atoms with Crippen LogP contribution >= 0.6 is 0 Å². The monoisotopic (exact) mass is 593 g/mol. The number of allylic oxidation sites excluding steroid dienone is 3. The minimum atomic E-state index is 1.11. The van der Waals surface area contributed by atoms with Crippen LogP contribution in [0.1, 0.15) is 54.2 Å². The highest BCUT2D eigenvalue weighted by Gasteiger charge is 2.13. The summed E-state index contributed by atoms with van der Waals surface area (Å²) in [4.78, 5) is 2.33. The van der Waals surface area contributed by atoms with E-state index in [4.69, 9.17) is 0 Å². The van der Waals surface area contributed by atoms with Gasteiger partial charge in [0.25, 0.3) is 0 Å². The SMILES string of the molecule is CC(=Cc1ccc(N(c2ccc(C=C(C)c3ccccc3)cc2)c2ccc(C=C(C)c3ccccc3)cc2)cc1)c1ccccc1. The standard InChI is InChI=1S/C45H39N/c1-34(40-13-7-4-8-14-40)31-37-19-25-43(26-20-37)46(44-27-21-38(22-28-44)32-35(2)41-15-9-5-10-16-41)45-29-23-39(24-30-45)33-36(3)42-17-11-6-12-18-42/h4-33H,1-3H3. The Bertz CT molecular complexity index is 1710. The van der Waals surface area contributed by atoms with E-state index in [9.17, 15) is 0 Å². The Hall–Kier alpha value is -5.66. The molecule has 0 fully saturated rings. The topological polar surface area (TPSA) is 3.24 Å². The van der Waals surface area contributed by atoms with E-state index in [2.05, 4.69) is 208 Å². The van der Waals surface area contributed by atoms with E-state index in [-0.39, 0.29) is 0 Å². The van der Waals surface area contributed by atoms with Crippen LogP contribution in [-0.4, -0.2) is 0 Å². The van der Waals surface area contributed by atoms with Crippen LogP contribution in [-0.2, 0) is 0 Å². The van der Waals surface area contributed by atoms with Crippen molar-refractivity contribution in [1.82, 2.24) is 0 Å². The predicted molar refractivity (Wildman–Crippen MR) is 201 cm³/mol. The van der Waals surface area contributed by atoms with Crippen molar-refractivity contribution >= 4 is 52.0 Å². The molecule has 0 amide bonds. The van der Waals surface area contributed by atoms with Crippen molar-refractivity contribution in [3.8, 4) is 0 Å². The van der Waals surface area contributed by atoms with Crippen molar-refractivity contribution in [3.05, 3.63) is 197 Å². The zero-order valence-electron chi connectivity index (χ0n) is 26.8. The number of anilines is 3. The van der Waals surface area contributed by atoms with Gasteiger partial charge in [0.2, 0.25) is 0 Å². The maximum absolute atomic E-state index is 2.33. The van der Waals surface area contributed by atoms with Gasteiger partial charge in [0.05, 0.1) is 0 Å². The van der Waals surface area contributed by atoms with Gasteiger partial charge in [-0.25, -0.2) is 0 Å². The van der Waals surface area contributed by atoms with Gasteiger partial charge in [-0.2, -0.15) is 0 Å². The van der Waals surface area contributed by atoms with Crippen LogP contribution in [0.3, 0.4) is 0 Å². The molecular weight excluding hydrogens is 555 g/mol. The van der Waals surface area contributed by atoms with Crippen LogP contribution in [0.2, 0.25) is 0 Å². The Morgan fingerprint density at radius 1 is 0.326 bits per heavy atom. The van der Waals surface area contributed by atoms with Gasteiger partial charge in [0.1, 0.15) is 0 Å². The first-order valence-electron chi connectivity index (χ1n) is 15.8. The van der Waals surface area contributed by atoms with Crippen molar-refractivity contribution in [2.24, 2.45) is 0 Å². The lowest BCUT2D eigenvalue weighted by atomic mass is 10.0. The fourth-order valence-electron chi connectivity index (χ4n) is 5.71. The number of hydrogen-bond acceptors (Lipinski definition) is 1. The number of nitrogens with zero attached hydrogens (tertiary/aromatic N) is 1. The molecule has 6 aromatic rings. The molecule has 0 atom stereocenters. The summed E-state index contributed by atoms with van der Waals surface area (Å²) in [7, 11) is 0.